The number of aromatic nitrogens is 2. The van der Waals surface area contributed by atoms with Crippen LogP contribution in [-0.4, -0.2) is 36.0 Å². The van der Waals surface area contributed by atoms with Gasteiger partial charge >= 0.3 is 0 Å². The molecular weight excluding hydrogens is 282 g/mol. The van der Waals surface area contributed by atoms with Crippen LogP contribution in [0.3, 0.4) is 0 Å². The molecule has 2 aromatic rings. The van der Waals surface area contributed by atoms with Crippen LogP contribution in [-0.2, 0) is 10.0 Å². The molecule has 0 aromatic carbocycles. The molecule has 1 aliphatic rings. The van der Waals surface area contributed by atoms with Crippen molar-refractivity contribution in [3.8, 4) is 0 Å². The van der Waals surface area contributed by atoms with E-state index in [1.54, 1.807) is 28.0 Å². The lowest BCUT2D eigenvalue weighted by molar-refractivity contribution is 0.313. The van der Waals surface area contributed by atoms with Crippen LogP contribution >= 0.6 is 11.3 Å². The minimum absolute atomic E-state index is 0.214. The molecule has 3 rings (SSSR count). The summed E-state index contributed by atoms with van der Waals surface area (Å²) in [6, 6.07) is 5.36. The quantitative estimate of drug-likeness (QED) is 0.943. The topological polar surface area (TPSA) is 66.1 Å². The van der Waals surface area contributed by atoms with Crippen LogP contribution in [0, 0.1) is 0 Å². The lowest BCUT2D eigenvalue weighted by Crippen LogP contribution is -2.38. The lowest BCUT2D eigenvalue weighted by Gasteiger charge is -2.30. The van der Waals surface area contributed by atoms with Crippen molar-refractivity contribution in [3.05, 3.63) is 35.5 Å². The molecule has 0 radical (unpaired) electrons. The Morgan fingerprint density at radius 1 is 1.42 bits per heavy atom. The van der Waals surface area contributed by atoms with Crippen LogP contribution in [0.5, 0.6) is 0 Å². The zero-order chi connectivity index (χ0) is 13.3. The second-order valence-corrected chi connectivity index (χ2v) is 7.76. The van der Waals surface area contributed by atoms with Crippen molar-refractivity contribution in [1.29, 1.82) is 0 Å². The highest BCUT2D eigenvalue weighted by Gasteiger charge is 2.31. The van der Waals surface area contributed by atoms with Crippen molar-refractivity contribution in [1.82, 2.24) is 14.5 Å². The van der Waals surface area contributed by atoms with E-state index in [1.165, 1.54) is 11.3 Å². The fraction of sp³-hybridized carbons (Fsp3) is 0.417. The first kappa shape index (κ1) is 12.8. The third-order valence-electron chi connectivity index (χ3n) is 3.44. The lowest BCUT2D eigenvalue weighted by atomic mass is 9.96. The van der Waals surface area contributed by atoms with Crippen LogP contribution in [0.4, 0.5) is 0 Å². The Labute approximate surface area is 116 Å². The maximum atomic E-state index is 12.5. The smallest absolute Gasteiger partial charge is 0.252 e. The summed E-state index contributed by atoms with van der Waals surface area (Å²) < 4.78 is 27.0. The average molecular weight is 297 g/mol. The van der Waals surface area contributed by atoms with E-state index in [1.807, 2.05) is 6.07 Å². The van der Waals surface area contributed by atoms with Gasteiger partial charge in [-0.1, -0.05) is 6.07 Å². The van der Waals surface area contributed by atoms with Crippen molar-refractivity contribution in [2.24, 2.45) is 0 Å². The molecule has 2 aromatic heterocycles. The number of hydrogen-bond donors (Lipinski definition) is 1. The van der Waals surface area contributed by atoms with Gasteiger partial charge in [0.1, 0.15) is 4.21 Å². The van der Waals surface area contributed by atoms with E-state index in [9.17, 15) is 8.42 Å². The van der Waals surface area contributed by atoms with E-state index >= 15 is 0 Å². The van der Waals surface area contributed by atoms with Gasteiger partial charge in [0.05, 0.1) is 0 Å². The van der Waals surface area contributed by atoms with E-state index < -0.39 is 10.0 Å². The Morgan fingerprint density at radius 2 is 2.32 bits per heavy atom. The van der Waals surface area contributed by atoms with E-state index in [-0.39, 0.29) is 5.92 Å². The molecule has 0 amide bonds. The molecule has 7 heteroatoms. The normalized spacial score (nSPS) is 21.6. The number of hydrogen-bond acceptors (Lipinski definition) is 4. The summed E-state index contributed by atoms with van der Waals surface area (Å²) in [5.74, 6) is 0.214. The molecule has 1 atom stereocenters. The molecule has 0 spiro atoms. The summed E-state index contributed by atoms with van der Waals surface area (Å²) in [5.41, 5.74) is 1.02. The van der Waals surface area contributed by atoms with Gasteiger partial charge in [-0.2, -0.15) is 9.40 Å². The fourth-order valence-electron chi connectivity index (χ4n) is 2.45. The molecule has 1 saturated heterocycles. The summed E-state index contributed by atoms with van der Waals surface area (Å²) in [6.07, 6.45) is 3.59. The monoisotopic (exact) mass is 297 g/mol. The minimum Gasteiger partial charge on any atom is -0.282 e. The maximum Gasteiger partial charge on any atom is 0.252 e. The maximum absolute atomic E-state index is 12.5. The molecule has 5 nitrogen and oxygen atoms in total. The molecular formula is C12H15N3O2S2. The summed E-state index contributed by atoms with van der Waals surface area (Å²) in [4.78, 5) is 0. The minimum atomic E-state index is -3.33. The summed E-state index contributed by atoms with van der Waals surface area (Å²) in [7, 11) is -3.33. The number of H-pyrrole nitrogens is 1. The van der Waals surface area contributed by atoms with Crippen molar-refractivity contribution in [3.63, 3.8) is 0 Å². The SMILES string of the molecule is O=S(=O)(c1cccs1)N1CCC[C@@H](c2ccn[nH]2)C1. The molecule has 1 fully saturated rings. The second-order valence-electron chi connectivity index (χ2n) is 4.65. The van der Waals surface area contributed by atoms with Crippen molar-refractivity contribution < 1.29 is 8.42 Å². The predicted molar refractivity (Wildman–Crippen MR) is 73.6 cm³/mol. The standard InChI is InChI=1S/C12H15N3O2S2/c16-19(17,12-4-2-8-18-12)15-7-1-3-10(9-15)11-5-6-13-14-11/h2,4-6,8,10H,1,3,7,9H2,(H,13,14)/t10-/m1/s1. The first-order valence-corrected chi connectivity index (χ1v) is 8.53. The van der Waals surface area contributed by atoms with E-state index in [4.69, 9.17) is 0 Å². The molecule has 0 unspecified atom stereocenters. The molecule has 102 valence electrons. The largest absolute Gasteiger partial charge is 0.282 e. The molecule has 0 saturated carbocycles. The summed E-state index contributed by atoms with van der Waals surface area (Å²) in [5, 5.41) is 8.68. The zero-order valence-electron chi connectivity index (χ0n) is 10.3. The molecule has 3 heterocycles. The molecule has 1 N–H and O–H groups in total. The number of nitrogens with one attached hydrogen (secondary N) is 1. The van der Waals surface area contributed by atoms with E-state index in [0.717, 1.165) is 18.5 Å². The van der Waals surface area contributed by atoms with Crippen LogP contribution in [0.1, 0.15) is 24.5 Å². The Morgan fingerprint density at radius 3 is 3.00 bits per heavy atom. The van der Waals surface area contributed by atoms with Crippen molar-refractivity contribution >= 4 is 21.4 Å². The first-order valence-electron chi connectivity index (χ1n) is 6.21. The van der Waals surface area contributed by atoms with Crippen molar-refractivity contribution in [2.45, 2.75) is 23.0 Å². The number of piperidine rings is 1. The van der Waals surface area contributed by atoms with Gasteiger partial charge < -0.3 is 0 Å². The number of rotatable bonds is 3. The van der Waals surface area contributed by atoms with Crippen LogP contribution < -0.4 is 0 Å². The van der Waals surface area contributed by atoms with Crippen LogP contribution in [0.15, 0.2) is 34.0 Å². The molecule has 0 bridgehead atoms. The third kappa shape index (κ3) is 2.45. The van der Waals surface area contributed by atoms with Gasteiger partial charge in [0, 0.05) is 30.9 Å². The Balaban J connectivity index is 1.82. The van der Waals surface area contributed by atoms with Gasteiger partial charge in [-0.3, -0.25) is 5.10 Å². The van der Waals surface area contributed by atoms with E-state index in [0.29, 0.717) is 17.3 Å². The van der Waals surface area contributed by atoms with Crippen LogP contribution in [0.2, 0.25) is 0 Å². The number of sulfonamides is 1. The van der Waals surface area contributed by atoms with Gasteiger partial charge in [0.25, 0.3) is 10.0 Å². The number of nitrogens with zero attached hydrogens (tertiary/aromatic N) is 2. The van der Waals surface area contributed by atoms with Gasteiger partial charge in [-0.05, 0) is 30.4 Å². The summed E-state index contributed by atoms with van der Waals surface area (Å²) >= 11 is 1.27. The van der Waals surface area contributed by atoms with Gasteiger partial charge in [-0.25, -0.2) is 8.42 Å². The highest BCUT2D eigenvalue weighted by Crippen LogP contribution is 2.30. The highest BCUT2D eigenvalue weighted by atomic mass is 32.2. The number of aromatic amines is 1. The van der Waals surface area contributed by atoms with Crippen molar-refractivity contribution in [2.75, 3.05) is 13.1 Å². The molecule has 19 heavy (non-hydrogen) atoms. The Kier molecular flexibility index (Phi) is 3.42. The summed E-state index contributed by atoms with van der Waals surface area (Å²) in [6.45, 7) is 1.13. The van der Waals surface area contributed by atoms with Gasteiger partial charge in [-0.15, -0.1) is 11.3 Å². The molecule has 0 aliphatic carbocycles. The third-order valence-corrected chi connectivity index (χ3v) is 6.67. The van der Waals surface area contributed by atoms with Gasteiger partial charge in [0.2, 0.25) is 0 Å². The highest BCUT2D eigenvalue weighted by molar-refractivity contribution is 7.91. The fourth-order valence-corrected chi connectivity index (χ4v) is 5.11. The molecule has 1 aliphatic heterocycles. The van der Waals surface area contributed by atoms with Gasteiger partial charge in [0.15, 0.2) is 0 Å². The second kappa shape index (κ2) is 5.07. The predicted octanol–water partition coefficient (Wildman–Crippen LogP) is 2.04. The van der Waals surface area contributed by atoms with Crippen LogP contribution in [0.25, 0.3) is 0 Å². The number of thiophene rings is 1. The van der Waals surface area contributed by atoms with E-state index in [2.05, 4.69) is 10.2 Å². The first-order chi connectivity index (χ1) is 9.18. The zero-order valence-corrected chi connectivity index (χ0v) is 12.0. The Bertz CT molecular complexity index is 620. The average Bonchev–Trinajstić information content (AvgIpc) is 3.12. The Hall–Kier alpha value is -1.18.